The van der Waals surface area contributed by atoms with Crippen LogP contribution in [0.15, 0.2) is 35.8 Å². The van der Waals surface area contributed by atoms with Crippen molar-refractivity contribution in [1.29, 1.82) is 0 Å². The van der Waals surface area contributed by atoms with Gasteiger partial charge >= 0.3 is 0 Å². The van der Waals surface area contributed by atoms with E-state index < -0.39 is 0 Å². The number of hydrogen-bond donors (Lipinski definition) is 2. The summed E-state index contributed by atoms with van der Waals surface area (Å²) in [7, 11) is 0. The summed E-state index contributed by atoms with van der Waals surface area (Å²) in [6.07, 6.45) is 1.76. The maximum absolute atomic E-state index is 12.3. The standard InChI is InChI=1S/C18H14ClN5OS/c1-9-5-14-17(20-7-9)24-16(23-14)12-6-11(3-4-13(12)19)22-18(25)15-8-26-10(2)21-15/h3-8H,1-2H3,(H,22,25)(H,20,23,24). The van der Waals surface area contributed by atoms with Crippen LogP contribution in [0, 0.1) is 13.8 Å². The monoisotopic (exact) mass is 383 g/mol. The highest BCUT2D eigenvalue weighted by Gasteiger charge is 2.14. The highest BCUT2D eigenvalue weighted by molar-refractivity contribution is 7.09. The second-order valence-electron chi connectivity index (χ2n) is 5.87. The van der Waals surface area contributed by atoms with Crippen molar-refractivity contribution in [1.82, 2.24) is 19.9 Å². The van der Waals surface area contributed by atoms with Crippen molar-refractivity contribution in [3.05, 3.63) is 57.1 Å². The third-order valence-corrected chi connectivity index (χ3v) is 4.91. The number of aryl methyl sites for hydroxylation is 2. The number of imidazole rings is 1. The van der Waals surface area contributed by atoms with Crippen molar-refractivity contribution in [2.24, 2.45) is 0 Å². The molecule has 6 nitrogen and oxygen atoms in total. The molecule has 0 bridgehead atoms. The lowest BCUT2D eigenvalue weighted by Crippen LogP contribution is -2.12. The van der Waals surface area contributed by atoms with Crippen molar-refractivity contribution in [2.45, 2.75) is 13.8 Å². The SMILES string of the molecule is Cc1cnc2nc(-c3cc(NC(=O)c4csc(C)n4)ccc3Cl)[nH]c2c1. The quantitative estimate of drug-likeness (QED) is 0.541. The first-order valence-corrected chi connectivity index (χ1v) is 9.11. The van der Waals surface area contributed by atoms with E-state index in [0.717, 1.165) is 16.1 Å². The number of nitrogens with one attached hydrogen (secondary N) is 2. The fourth-order valence-corrected chi connectivity index (χ4v) is 3.38. The Morgan fingerprint density at radius 1 is 1.23 bits per heavy atom. The van der Waals surface area contributed by atoms with Crippen LogP contribution >= 0.6 is 22.9 Å². The van der Waals surface area contributed by atoms with Crippen LogP contribution < -0.4 is 5.32 Å². The van der Waals surface area contributed by atoms with Gasteiger partial charge in [-0.05, 0) is 43.7 Å². The number of thiazole rings is 1. The second kappa shape index (κ2) is 6.51. The molecule has 3 heterocycles. The lowest BCUT2D eigenvalue weighted by molar-refractivity contribution is 0.102. The summed E-state index contributed by atoms with van der Waals surface area (Å²) in [5, 5.41) is 5.95. The highest BCUT2D eigenvalue weighted by atomic mass is 35.5. The zero-order valence-electron chi connectivity index (χ0n) is 14.0. The number of halogens is 1. The summed E-state index contributed by atoms with van der Waals surface area (Å²) in [4.78, 5) is 28.5. The summed E-state index contributed by atoms with van der Waals surface area (Å²) in [5.41, 5.74) is 4.20. The molecule has 3 aromatic heterocycles. The summed E-state index contributed by atoms with van der Waals surface area (Å²) in [5.74, 6) is 0.341. The van der Waals surface area contributed by atoms with Crippen molar-refractivity contribution in [2.75, 3.05) is 5.32 Å². The smallest absolute Gasteiger partial charge is 0.275 e. The van der Waals surface area contributed by atoms with Crippen LogP contribution in [0.25, 0.3) is 22.6 Å². The third kappa shape index (κ3) is 3.18. The van der Waals surface area contributed by atoms with Gasteiger partial charge in [-0.15, -0.1) is 11.3 Å². The number of hydrogen-bond acceptors (Lipinski definition) is 5. The highest BCUT2D eigenvalue weighted by Crippen LogP contribution is 2.30. The number of fused-ring (bicyclic) bond motifs is 1. The van der Waals surface area contributed by atoms with Gasteiger partial charge in [0.1, 0.15) is 11.5 Å². The summed E-state index contributed by atoms with van der Waals surface area (Å²) >= 11 is 7.78. The van der Waals surface area contributed by atoms with Gasteiger partial charge in [0.15, 0.2) is 5.65 Å². The number of carbonyl (C=O) groups excluding carboxylic acids is 1. The topological polar surface area (TPSA) is 83.6 Å². The third-order valence-electron chi connectivity index (χ3n) is 3.81. The van der Waals surface area contributed by atoms with E-state index in [0.29, 0.717) is 33.4 Å². The number of nitrogens with zero attached hydrogens (tertiary/aromatic N) is 3. The predicted octanol–water partition coefficient (Wildman–Crippen LogP) is 4.60. The number of rotatable bonds is 3. The van der Waals surface area contributed by atoms with Gasteiger partial charge < -0.3 is 10.3 Å². The van der Waals surface area contributed by atoms with Gasteiger partial charge in [0.2, 0.25) is 0 Å². The van der Waals surface area contributed by atoms with E-state index in [1.165, 1.54) is 11.3 Å². The van der Waals surface area contributed by atoms with Crippen molar-refractivity contribution >= 4 is 45.7 Å². The maximum Gasteiger partial charge on any atom is 0.275 e. The Labute approximate surface area is 158 Å². The molecule has 8 heteroatoms. The van der Waals surface area contributed by atoms with E-state index in [9.17, 15) is 4.79 Å². The number of carbonyl (C=O) groups is 1. The molecule has 0 saturated carbocycles. The molecule has 0 unspecified atom stereocenters. The molecule has 130 valence electrons. The van der Waals surface area contributed by atoms with E-state index in [-0.39, 0.29) is 5.91 Å². The van der Waals surface area contributed by atoms with Crippen LogP contribution in [0.4, 0.5) is 5.69 Å². The van der Waals surface area contributed by atoms with Gasteiger partial charge in [-0.25, -0.2) is 15.0 Å². The van der Waals surface area contributed by atoms with E-state index >= 15 is 0 Å². The molecule has 0 aliphatic carbocycles. The molecular formula is C18H14ClN5OS. The summed E-state index contributed by atoms with van der Waals surface area (Å²) in [6, 6.07) is 7.23. The van der Waals surface area contributed by atoms with Gasteiger partial charge in [-0.1, -0.05) is 11.6 Å². The van der Waals surface area contributed by atoms with Crippen LogP contribution in [-0.4, -0.2) is 25.8 Å². The first-order valence-electron chi connectivity index (χ1n) is 7.85. The van der Waals surface area contributed by atoms with Crippen LogP contribution in [0.5, 0.6) is 0 Å². The molecule has 4 rings (SSSR count). The maximum atomic E-state index is 12.3. The van der Waals surface area contributed by atoms with Crippen LogP contribution in [0.1, 0.15) is 21.1 Å². The van der Waals surface area contributed by atoms with Crippen LogP contribution in [0.3, 0.4) is 0 Å². The van der Waals surface area contributed by atoms with Gasteiger partial charge in [0, 0.05) is 22.8 Å². The number of amides is 1. The molecule has 1 aromatic carbocycles. The van der Waals surface area contributed by atoms with Crippen molar-refractivity contribution in [3.8, 4) is 11.4 Å². The molecule has 1 amide bonds. The molecule has 0 aliphatic heterocycles. The molecule has 2 N–H and O–H groups in total. The molecular weight excluding hydrogens is 370 g/mol. The van der Waals surface area contributed by atoms with Crippen molar-refractivity contribution in [3.63, 3.8) is 0 Å². The molecule has 0 saturated heterocycles. The zero-order chi connectivity index (χ0) is 18.3. The van der Waals surface area contributed by atoms with E-state index in [1.54, 1.807) is 29.8 Å². The van der Waals surface area contributed by atoms with E-state index in [4.69, 9.17) is 11.6 Å². The first-order chi connectivity index (χ1) is 12.5. The molecule has 0 spiro atoms. The fraction of sp³-hybridized carbons (Fsp3) is 0.111. The van der Waals surface area contributed by atoms with Gasteiger partial charge in [0.05, 0.1) is 15.5 Å². The minimum Gasteiger partial charge on any atom is -0.337 e. The van der Waals surface area contributed by atoms with Crippen LogP contribution in [0.2, 0.25) is 5.02 Å². The second-order valence-corrected chi connectivity index (χ2v) is 7.34. The Hall–Kier alpha value is -2.77. The largest absolute Gasteiger partial charge is 0.337 e. The normalized spacial score (nSPS) is 11.0. The Morgan fingerprint density at radius 3 is 2.85 bits per heavy atom. The minimum absolute atomic E-state index is 0.260. The summed E-state index contributed by atoms with van der Waals surface area (Å²) < 4.78 is 0. The zero-order valence-corrected chi connectivity index (χ0v) is 15.6. The molecule has 26 heavy (non-hydrogen) atoms. The van der Waals surface area contributed by atoms with E-state index in [2.05, 4.69) is 25.3 Å². The number of benzene rings is 1. The lowest BCUT2D eigenvalue weighted by atomic mass is 10.2. The number of anilines is 1. The predicted molar refractivity (Wildman–Crippen MR) is 104 cm³/mol. The fourth-order valence-electron chi connectivity index (χ4n) is 2.58. The molecule has 0 atom stereocenters. The Kier molecular flexibility index (Phi) is 4.18. The van der Waals surface area contributed by atoms with Crippen LogP contribution in [-0.2, 0) is 0 Å². The summed E-state index contributed by atoms with van der Waals surface area (Å²) in [6.45, 7) is 3.83. The van der Waals surface area contributed by atoms with Crippen molar-refractivity contribution < 1.29 is 4.79 Å². The first kappa shape index (κ1) is 16.7. The number of H-pyrrole nitrogens is 1. The average molecular weight is 384 g/mol. The molecule has 0 aliphatic rings. The van der Waals surface area contributed by atoms with E-state index in [1.807, 2.05) is 19.9 Å². The number of aromatic amines is 1. The average Bonchev–Trinajstić information content (AvgIpc) is 3.22. The van der Waals surface area contributed by atoms with Gasteiger partial charge in [-0.3, -0.25) is 4.79 Å². The van der Waals surface area contributed by atoms with Gasteiger partial charge in [-0.2, -0.15) is 0 Å². The Bertz CT molecular complexity index is 1130. The molecule has 0 radical (unpaired) electrons. The minimum atomic E-state index is -0.260. The number of aromatic nitrogens is 4. The number of pyridine rings is 1. The van der Waals surface area contributed by atoms with Gasteiger partial charge in [0.25, 0.3) is 5.91 Å². The molecule has 0 fully saturated rings. The molecule has 4 aromatic rings. The Balaban J connectivity index is 1.68. The Morgan fingerprint density at radius 2 is 2.08 bits per heavy atom. The lowest BCUT2D eigenvalue weighted by Gasteiger charge is -2.07.